The molecule has 2 amide bonds. The summed E-state index contributed by atoms with van der Waals surface area (Å²) < 4.78 is 1.61. The first-order chi connectivity index (χ1) is 9.52. The van der Waals surface area contributed by atoms with Crippen LogP contribution < -0.4 is 5.32 Å². The van der Waals surface area contributed by atoms with Crippen LogP contribution in [0.4, 0.5) is 0 Å². The lowest BCUT2D eigenvalue weighted by Gasteiger charge is -2.37. The number of piperazine rings is 1. The van der Waals surface area contributed by atoms with Gasteiger partial charge in [-0.25, -0.2) is 0 Å². The van der Waals surface area contributed by atoms with Crippen molar-refractivity contribution in [2.45, 2.75) is 19.0 Å². The minimum absolute atomic E-state index is 0.0572. The summed E-state index contributed by atoms with van der Waals surface area (Å²) in [5, 5.41) is 7.26. The Morgan fingerprint density at radius 2 is 2.20 bits per heavy atom. The van der Waals surface area contributed by atoms with Crippen LogP contribution in [0, 0.1) is 0 Å². The van der Waals surface area contributed by atoms with Gasteiger partial charge in [0.25, 0.3) is 0 Å². The maximum absolute atomic E-state index is 12.6. The van der Waals surface area contributed by atoms with Gasteiger partial charge < -0.3 is 15.1 Å². The molecule has 20 heavy (non-hydrogen) atoms. The molecule has 7 nitrogen and oxygen atoms in total. The van der Waals surface area contributed by atoms with Gasteiger partial charge in [0.15, 0.2) is 0 Å². The second kappa shape index (κ2) is 6.04. The second-order valence-electron chi connectivity index (χ2n) is 5.15. The van der Waals surface area contributed by atoms with E-state index >= 15 is 0 Å². The van der Waals surface area contributed by atoms with E-state index in [9.17, 15) is 9.59 Å². The van der Waals surface area contributed by atoms with E-state index in [1.807, 2.05) is 0 Å². The minimum atomic E-state index is -0.440. The summed E-state index contributed by atoms with van der Waals surface area (Å²) in [6.07, 6.45) is 3.40. The molecule has 0 bridgehead atoms. The van der Waals surface area contributed by atoms with Crippen LogP contribution in [0.2, 0.25) is 0 Å². The lowest BCUT2D eigenvalue weighted by Crippen LogP contribution is -2.60. The fraction of sp³-hybridized carbons (Fsp3) is 0.615. The van der Waals surface area contributed by atoms with Gasteiger partial charge in [0.05, 0.1) is 0 Å². The smallest absolute Gasteiger partial charge is 0.247 e. The maximum atomic E-state index is 12.6. The fourth-order valence-electron chi connectivity index (χ4n) is 2.35. The predicted molar refractivity (Wildman–Crippen MR) is 74.0 cm³/mol. The normalized spacial score (nSPS) is 20.6. The lowest BCUT2D eigenvalue weighted by atomic mass is 10.1. The van der Waals surface area contributed by atoms with E-state index < -0.39 is 12.1 Å². The lowest BCUT2D eigenvalue weighted by molar-refractivity contribution is -0.147. The van der Waals surface area contributed by atoms with Crippen LogP contribution in [-0.2, 0) is 9.59 Å². The molecular formula is C13H21N5O2. The molecule has 1 aromatic heterocycles. The van der Waals surface area contributed by atoms with E-state index in [-0.39, 0.29) is 11.8 Å². The molecule has 2 rings (SSSR count). The molecule has 110 valence electrons. The molecule has 0 saturated carbocycles. The van der Waals surface area contributed by atoms with Crippen molar-refractivity contribution < 1.29 is 9.59 Å². The van der Waals surface area contributed by atoms with Crippen molar-refractivity contribution in [3.8, 4) is 0 Å². The van der Waals surface area contributed by atoms with Gasteiger partial charge in [-0.3, -0.25) is 14.3 Å². The molecule has 0 radical (unpaired) electrons. The summed E-state index contributed by atoms with van der Waals surface area (Å²) in [6.45, 7) is 3.53. The van der Waals surface area contributed by atoms with E-state index in [0.717, 1.165) is 0 Å². The Hall–Kier alpha value is -1.89. The zero-order valence-electron chi connectivity index (χ0n) is 12.1. The number of hydrogen-bond acceptors (Lipinski definition) is 4. The first-order valence-electron chi connectivity index (χ1n) is 6.74. The van der Waals surface area contributed by atoms with E-state index in [1.54, 1.807) is 49.1 Å². The third-order valence-corrected chi connectivity index (χ3v) is 3.53. The topological polar surface area (TPSA) is 70.5 Å². The van der Waals surface area contributed by atoms with Crippen molar-refractivity contribution in [3.05, 3.63) is 18.5 Å². The van der Waals surface area contributed by atoms with Gasteiger partial charge in [-0.15, -0.1) is 0 Å². The molecule has 1 N–H and O–H groups in total. The van der Waals surface area contributed by atoms with E-state index in [0.29, 0.717) is 19.6 Å². The van der Waals surface area contributed by atoms with Gasteiger partial charge in [0.1, 0.15) is 12.1 Å². The van der Waals surface area contributed by atoms with Gasteiger partial charge in [0.2, 0.25) is 11.8 Å². The second-order valence-corrected chi connectivity index (χ2v) is 5.15. The summed E-state index contributed by atoms with van der Waals surface area (Å²) in [7, 11) is 3.41. The number of carbonyl (C=O) groups excluding carboxylic acids is 2. The molecule has 1 aliphatic heterocycles. The molecule has 0 spiro atoms. The Morgan fingerprint density at radius 3 is 2.80 bits per heavy atom. The SMILES string of the molecule is CC(C(=O)N1CCNCC1C(=O)N(C)C)n1cccn1. The molecule has 1 aliphatic rings. The van der Waals surface area contributed by atoms with Gasteiger partial charge in [-0.2, -0.15) is 5.10 Å². The van der Waals surface area contributed by atoms with Gasteiger partial charge in [0, 0.05) is 46.1 Å². The maximum Gasteiger partial charge on any atom is 0.247 e. The van der Waals surface area contributed by atoms with Crippen LogP contribution >= 0.6 is 0 Å². The number of amides is 2. The summed E-state index contributed by atoms with van der Waals surface area (Å²) in [5.74, 6) is -0.131. The Bertz CT molecular complexity index is 471. The van der Waals surface area contributed by atoms with Crippen molar-refractivity contribution in [1.82, 2.24) is 24.9 Å². The van der Waals surface area contributed by atoms with Crippen molar-refractivity contribution in [2.75, 3.05) is 33.7 Å². The first-order valence-corrected chi connectivity index (χ1v) is 6.74. The minimum Gasteiger partial charge on any atom is -0.347 e. The number of nitrogens with zero attached hydrogens (tertiary/aromatic N) is 4. The number of nitrogens with one attached hydrogen (secondary N) is 1. The van der Waals surface area contributed by atoms with Gasteiger partial charge in [-0.05, 0) is 13.0 Å². The Morgan fingerprint density at radius 1 is 1.45 bits per heavy atom. The van der Waals surface area contributed by atoms with Gasteiger partial charge >= 0.3 is 0 Å². The monoisotopic (exact) mass is 279 g/mol. The largest absolute Gasteiger partial charge is 0.347 e. The third kappa shape index (κ3) is 2.82. The molecule has 1 fully saturated rings. The van der Waals surface area contributed by atoms with Crippen molar-refractivity contribution in [3.63, 3.8) is 0 Å². The Kier molecular flexibility index (Phi) is 4.39. The molecular weight excluding hydrogens is 258 g/mol. The van der Waals surface area contributed by atoms with Crippen LogP contribution in [0.1, 0.15) is 13.0 Å². The summed E-state index contributed by atoms with van der Waals surface area (Å²) in [6, 6.07) is 0.939. The van der Waals surface area contributed by atoms with E-state index in [1.165, 1.54) is 4.90 Å². The standard InChI is InChI=1S/C13H21N5O2/c1-10(18-7-4-5-15-18)12(19)17-8-6-14-9-11(17)13(20)16(2)3/h4-5,7,10-11,14H,6,8-9H2,1-3H3. The first kappa shape index (κ1) is 14.5. The number of likely N-dealkylation sites (N-methyl/N-ethyl adjacent to an activating group) is 1. The quantitative estimate of drug-likeness (QED) is 0.797. The highest BCUT2D eigenvalue weighted by atomic mass is 16.2. The van der Waals surface area contributed by atoms with Crippen molar-refractivity contribution in [2.24, 2.45) is 0 Å². The molecule has 7 heteroatoms. The van der Waals surface area contributed by atoms with Crippen LogP contribution in [-0.4, -0.2) is 71.2 Å². The number of carbonyl (C=O) groups is 2. The van der Waals surface area contributed by atoms with Gasteiger partial charge in [-0.1, -0.05) is 0 Å². The van der Waals surface area contributed by atoms with Crippen molar-refractivity contribution in [1.29, 1.82) is 0 Å². The molecule has 0 aliphatic carbocycles. The highest BCUT2D eigenvalue weighted by molar-refractivity contribution is 5.89. The molecule has 1 saturated heterocycles. The number of rotatable bonds is 3. The van der Waals surface area contributed by atoms with Crippen molar-refractivity contribution >= 4 is 11.8 Å². The number of hydrogen-bond donors (Lipinski definition) is 1. The number of aromatic nitrogens is 2. The third-order valence-electron chi connectivity index (χ3n) is 3.53. The Labute approximate surface area is 118 Å². The predicted octanol–water partition coefficient (Wildman–Crippen LogP) is -0.667. The van der Waals surface area contributed by atoms with Crippen LogP contribution in [0.3, 0.4) is 0 Å². The van der Waals surface area contributed by atoms with Crippen LogP contribution in [0.25, 0.3) is 0 Å². The summed E-state index contributed by atoms with van der Waals surface area (Å²) in [4.78, 5) is 28.0. The molecule has 2 unspecified atom stereocenters. The fourth-order valence-corrected chi connectivity index (χ4v) is 2.35. The average Bonchev–Trinajstić information content (AvgIpc) is 2.99. The summed E-state index contributed by atoms with van der Waals surface area (Å²) >= 11 is 0. The highest BCUT2D eigenvalue weighted by Gasteiger charge is 2.35. The van der Waals surface area contributed by atoms with E-state index in [4.69, 9.17) is 0 Å². The average molecular weight is 279 g/mol. The highest BCUT2D eigenvalue weighted by Crippen LogP contribution is 2.14. The summed E-state index contributed by atoms with van der Waals surface area (Å²) in [5.41, 5.74) is 0. The molecule has 2 atom stereocenters. The zero-order valence-corrected chi connectivity index (χ0v) is 12.1. The Balaban J connectivity index is 2.15. The molecule has 0 aromatic carbocycles. The molecule has 2 heterocycles. The van der Waals surface area contributed by atoms with E-state index in [2.05, 4.69) is 10.4 Å². The zero-order chi connectivity index (χ0) is 14.7. The van der Waals surface area contributed by atoms with Crippen LogP contribution in [0.5, 0.6) is 0 Å². The van der Waals surface area contributed by atoms with Crippen LogP contribution in [0.15, 0.2) is 18.5 Å². The molecule has 1 aromatic rings.